The number of amides is 1. The number of hydrogen-bond acceptors (Lipinski definition) is 4. The zero-order chi connectivity index (χ0) is 15.4. The molecule has 0 aromatic heterocycles. The van der Waals surface area contributed by atoms with E-state index in [1.165, 1.54) is 7.11 Å². The third-order valence-corrected chi connectivity index (χ3v) is 3.90. The number of methoxy groups -OCH3 is 2. The minimum atomic E-state index is -0.242. The van der Waals surface area contributed by atoms with Gasteiger partial charge in [-0.25, -0.2) is 0 Å². The molecule has 0 radical (unpaired) electrons. The van der Waals surface area contributed by atoms with Crippen molar-refractivity contribution in [1.29, 1.82) is 0 Å². The molecule has 0 aliphatic carbocycles. The summed E-state index contributed by atoms with van der Waals surface area (Å²) in [5.74, 6) is 0.165. The van der Waals surface area contributed by atoms with Gasteiger partial charge in [-0.05, 0) is 37.5 Å². The number of carbonyl (C=O) groups excluding carboxylic acids is 2. The predicted molar refractivity (Wildman–Crippen MR) is 78.4 cm³/mol. The lowest BCUT2D eigenvalue weighted by atomic mass is 9.97. The molecule has 1 aliphatic rings. The summed E-state index contributed by atoms with van der Waals surface area (Å²) in [7, 11) is 2.97. The zero-order valence-corrected chi connectivity index (χ0v) is 12.7. The highest BCUT2D eigenvalue weighted by Gasteiger charge is 2.29. The molecule has 1 aromatic carbocycles. The molecular weight excluding hydrogens is 270 g/mol. The summed E-state index contributed by atoms with van der Waals surface area (Å²) in [5.41, 5.74) is 1.57. The summed E-state index contributed by atoms with van der Waals surface area (Å²) in [4.78, 5) is 25.9. The van der Waals surface area contributed by atoms with E-state index in [1.807, 2.05) is 13.0 Å². The number of nitrogens with zero attached hydrogens (tertiary/aromatic N) is 1. The lowest BCUT2D eigenvalue weighted by Crippen LogP contribution is -2.42. The highest BCUT2D eigenvalue weighted by molar-refractivity contribution is 5.95. The van der Waals surface area contributed by atoms with Gasteiger partial charge >= 0.3 is 5.97 Å². The topological polar surface area (TPSA) is 55.8 Å². The number of carbonyl (C=O) groups is 2. The van der Waals surface area contributed by atoms with Crippen LogP contribution in [0.1, 0.15) is 28.8 Å². The molecular formula is C16H21NO4. The Morgan fingerprint density at radius 2 is 2.05 bits per heavy atom. The Morgan fingerprint density at radius 1 is 1.29 bits per heavy atom. The second-order valence-electron chi connectivity index (χ2n) is 5.30. The summed E-state index contributed by atoms with van der Waals surface area (Å²) in [5, 5.41) is 0. The Labute approximate surface area is 124 Å². The molecule has 0 N–H and O–H groups in total. The quantitative estimate of drug-likeness (QED) is 0.800. The van der Waals surface area contributed by atoms with Gasteiger partial charge in [0.25, 0.3) is 5.91 Å². The first-order valence-corrected chi connectivity index (χ1v) is 7.08. The van der Waals surface area contributed by atoms with E-state index in [-0.39, 0.29) is 17.8 Å². The van der Waals surface area contributed by atoms with Gasteiger partial charge < -0.3 is 14.4 Å². The van der Waals surface area contributed by atoms with E-state index in [2.05, 4.69) is 0 Å². The van der Waals surface area contributed by atoms with Crippen molar-refractivity contribution in [2.24, 2.45) is 5.92 Å². The van der Waals surface area contributed by atoms with Crippen LogP contribution in [0.5, 0.6) is 5.75 Å². The van der Waals surface area contributed by atoms with Crippen LogP contribution >= 0.6 is 0 Å². The predicted octanol–water partition coefficient (Wildman–Crippen LogP) is 2.03. The van der Waals surface area contributed by atoms with Crippen molar-refractivity contribution in [3.8, 4) is 5.75 Å². The molecule has 0 spiro atoms. The van der Waals surface area contributed by atoms with E-state index in [0.29, 0.717) is 24.4 Å². The summed E-state index contributed by atoms with van der Waals surface area (Å²) >= 11 is 0. The number of aryl methyl sites for hydroxylation is 1. The molecule has 114 valence electrons. The normalized spacial score (nSPS) is 18.2. The van der Waals surface area contributed by atoms with Gasteiger partial charge in [-0.2, -0.15) is 0 Å². The van der Waals surface area contributed by atoms with Crippen LogP contribution in [0.2, 0.25) is 0 Å². The highest BCUT2D eigenvalue weighted by Crippen LogP contribution is 2.23. The number of ether oxygens (including phenoxy) is 2. The molecule has 1 amide bonds. The van der Waals surface area contributed by atoms with Crippen molar-refractivity contribution in [3.05, 3.63) is 29.3 Å². The molecule has 0 unspecified atom stereocenters. The number of rotatable bonds is 3. The Balaban J connectivity index is 2.14. The number of benzene rings is 1. The molecule has 1 aromatic rings. The van der Waals surface area contributed by atoms with Crippen molar-refractivity contribution in [2.45, 2.75) is 19.8 Å². The third kappa shape index (κ3) is 3.35. The second kappa shape index (κ2) is 6.61. The molecule has 0 bridgehead atoms. The molecule has 2 rings (SSSR count). The Bertz CT molecular complexity index is 541. The minimum absolute atomic E-state index is 0.0677. The zero-order valence-electron chi connectivity index (χ0n) is 12.7. The van der Waals surface area contributed by atoms with E-state index in [0.717, 1.165) is 18.4 Å². The smallest absolute Gasteiger partial charge is 0.310 e. The van der Waals surface area contributed by atoms with Gasteiger partial charge in [0.05, 0.1) is 20.1 Å². The van der Waals surface area contributed by atoms with Gasteiger partial charge in [0.1, 0.15) is 5.75 Å². The molecule has 0 saturated carbocycles. The van der Waals surface area contributed by atoms with E-state index >= 15 is 0 Å². The average Bonchev–Trinajstić information content (AvgIpc) is 2.54. The van der Waals surface area contributed by atoms with Crippen LogP contribution in [0.3, 0.4) is 0 Å². The van der Waals surface area contributed by atoms with Gasteiger partial charge in [0, 0.05) is 18.7 Å². The fourth-order valence-corrected chi connectivity index (χ4v) is 2.66. The van der Waals surface area contributed by atoms with Crippen LogP contribution in [-0.2, 0) is 9.53 Å². The molecule has 1 heterocycles. The largest absolute Gasteiger partial charge is 0.496 e. The maximum Gasteiger partial charge on any atom is 0.310 e. The lowest BCUT2D eigenvalue weighted by Gasteiger charge is -2.31. The number of piperidine rings is 1. The first-order valence-electron chi connectivity index (χ1n) is 7.08. The molecule has 1 saturated heterocycles. The second-order valence-corrected chi connectivity index (χ2v) is 5.30. The van der Waals surface area contributed by atoms with E-state index in [9.17, 15) is 9.59 Å². The van der Waals surface area contributed by atoms with E-state index < -0.39 is 0 Å². The van der Waals surface area contributed by atoms with Crippen LogP contribution in [-0.4, -0.2) is 44.1 Å². The van der Waals surface area contributed by atoms with Gasteiger partial charge in [-0.15, -0.1) is 0 Å². The van der Waals surface area contributed by atoms with Gasteiger partial charge in [-0.3, -0.25) is 9.59 Å². The molecule has 21 heavy (non-hydrogen) atoms. The Kier molecular flexibility index (Phi) is 4.83. The van der Waals surface area contributed by atoms with Gasteiger partial charge in [-0.1, -0.05) is 6.07 Å². The summed E-state index contributed by atoms with van der Waals surface area (Å²) in [6.07, 6.45) is 1.59. The maximum absolute atomic E-state index is 12.6. The van der Waals surface area contributed by atoms with Crippen LogP contribution in [0.15, 0.2) is 18.2 Å². The Hall–Kier alpha value is -2.04. The number of esters is 1. The van der Waals surface area contributed by atoms with Crippen molar-refractivity contribution in [3.63, 3.8) is 0 Å². The van der Waals surface area contributed by atoms with Gasteiger partial charge in [0.15, 0.2) is 0 Å². The first kappa shape index (κ1) is 15.4. The average molecular weight is 291 g/mol. The molecule has 1 fully saturated rings. The van der Waals surface area contributed by atoms with Crippen LogP contribution in [0.4, 0.5) is 0 Å². The highest BCUT2D eigenvalue weighted by atomic mass is 16.5. The summed E-state index contributed by atoms with van der Waals surface area (Å²) in [6.45, 7) is 3.02. The number of likely N-dealkylation sites (tertiary alicyclic amines) is 1. The number of hydrogen-bond donors (Lipinski definition) is 0. The van der Waals surface area contributed by atoms with Crippen LogP contribution in [0, 0.1) is 12.8 Å². The van der Waals surface area contributed by atoms with Crippen LogP contribution < -0.4 is 4.74 Å². The summed E-state index contributed by atoms with van der Waals surface area (Å²) < 4.78 is 10.0. The molecule has 5 heteroatoms. The van der Waals surface area contributed by atoms with E-state index in [4.69, 9.17) is 9.47 Å². The van der Waals surface area contributed by atoms with Gasteiger partial charge in [0.2, 0.25) is 0 Å². The van der Waals surface area contributed by atoms with Crippen LogP contribution in [0.25, 0.3) is 0 Å². The fourth-order valence-electron chi connectivity index (χ4n) is 2.66. The third-order valence-electron chi connectivity index (χ3n) is 3.90. The molecule has 5 nitrogen and oxygen atoms in total. The standard InChI is InChI=1S/C16H21NO4/c1-11-6-7-12(9-14(11)20-2)15(18)17-8-4-5-13(10-17)16(19)21-3/h6-7,9,13H,4-5,8,10H2,1-3H3/t13-/m0/s1. The monoisotopic (exact) mass is 291 g/mol. The van der Waals surface area contributed by atoms with Crippen molar-refractivity contribution in [2.75, 3.05) is 27.3 Å². The summed E-state index contributed by atoms with van der Waals surface area (Å²) in [6, 6.07) is 5.41. The minimum Gasteiger partial charge on any atom is -0.496 e. The first-order chi connectivity index (χ1) is 10.1. The molecule has 1 atom stereocenters. The van der Waals surface area contributed by atoms with E-state index in [1.54, 1.807) is 24.1 Å². The SMILES string of the molecule is COC(=O)[C@H]1CCCN(C(=O)c2ccc(C)c(OC)c2)C1. The van der Waals surface area contributed by atoms with Crippen molar-refractivity contribution >= 4 is 11.9 Å². The van der Waals surface area contributed by atoms with Crippen molar-refractivity contribution < 1.29 is 19.1 Å². The lowest BCUT2D eigenvalue weighted by molar-refractivity contribution is -0.146. The van der Waals surface area contributed by atoms with Crippen molar-refractivity contribution in [1.82, 2.24) is 4.90 Å². The Morgan fingerprint density at radius 3 is 2.71 bits per heavy atom. The molecule has 1 aliphatic heterocycles. The fraction of sp³-hybridized carbons (Fsp3) is 0.500. The maximum atomic E-state index is 12.6.